The molecule has 0 unspecified atom stereocenters. The molecule has 0 atom stereocenters. The van der Waals surface area contributed by atoms with Gasteiger partial charge in [-0.15, -0.1) is 0 Å². The molecule has 4 rings (SSSR count). The molecule has 0 aliphatic carbocycles. The number of thiazole rings is 1. The number of rotatable bonds is 9. The van der Waals surface area contributed by atoms with Crippen LogP contribution in [0.3, 0.4) is 0 Å². The summed E-state index contributed by atoms with van der Waals surface area (Å²) in [6.45, 7) is 0.362. The van der Waals surface area contributed by atoms with Crippen molar-refractivity contribution in [1.29, 1.82) is 0 Å². The van der Waals surface area contributed by atoms with Gasteiger partial charge < -0.3 is 18.9 Å². The van der Waals surface area contributed by atoms with Crippen molar-refractivity contribution >= 4 is 38.7 Å². The number of benzene rings is 3. The van der Waals surface area contributed by atoms with E-state index in [1.165, 1.54) is 17.4 Å². The first-order valence-electron chi connectivity index (χ1n) is 10.8. The van der Waals surface area contributed by atoms with E-state index >= 15 is 0 Å². The van der Waals surface area contributed by atoms with Gasteiger partial charge in [0.05, 0.1) is 35.0 Å². The Morgan fingerprint density at radius 3 is 2.20 bits per heavy atom. The van der Waals surface area contributed by atoms with Crippen LogP contribution in [0.4, 0.5) is 5.13 Å². The van der Waals surface area contributed by atoms with Gasteiger partial charge in [0.2, 0.25) is 0 Å². The number of anilines is 1. The number of carbonyl (C=O) groups is 1. The second-order valence-corrected chi connectivity index (χ2v) is 8.48. The van der Waals surface area contributed by atoms with Gasteiger partial charge in [-0.1, -0.05) is 47.7 Å². The van der Waals surface area contributed by atoms with Crippen LogP contribution in [0.1, 0.15) is 11.1 Å². The van der Waals surface area contributed by atoms with Crippen molar-refractivity contribution in [2.24, 2.45) is 0 Å². The molecule has 4 aromatic rings. The van der Waals surface area contributed by atoms with Crippen LogP contribution in [0, 0.1) is 0 Å². The minimum Gasteiger partial charge on any atom is -0.495 e. The van der Waals surface area contributed by atoms with Crippen LogP contribution >= 0.6 is 11.3 Å². The molecule has 0 spiro atoms. The Kier molecular flexibility index (Phi) is 7.52. The van der Waals surface area contributed by atoms with Gasteiger partial charge in [0.15, 0.2) is 16.6 Å². The summed E-state index contributed by atoms with van der Waals surface area (Å²) in [4.78, 5) is 19.9. The van der Waals surface area contributed by atoms with E-state index in [1.807, 2.05) is 54.6 Å². The van der Waals surface area contributed by atoms with Crippen LogP contribution in [0.25, 0.3) is 16.3 Å². The molecule has 1 heterocycles. The molecule has 0 fully saturated rings. The maximum absolute atomic E-state index is 13.5. The molecule has 0 aliphatic rings. The smallest absolute Gasteiger partial charge is 0.253 e. The fourth-order valence-electron chi connectivity index (χ4n) is 3.61. The summed E-state index contributed by atoms with van der Waals surface area (Å²) < 4.78 is 22.5. The number of hydrogen-bond acceptors (Lipinski definition) is 7. The van der Waals surface area contributed by atoms with Gasteiger partial charge in [0.25, 0.3) is 5.91 Å². The molecule has 1 amide bonds. The van der Waals surface area contributed by atoms with Crippen LogP contribution in [-0.2, 0) is 11.3 Å². The van der Waals surface area contributed by atoms with Gasteiger partial charge in [-0.05, 0) is 41.5 Å². The number of methoxy groups -OCH3 is 4. The van der Waals surface area contributed by atoms with Crippen LogP contribution < -0.4 is 23.8 Å². The van der Waals surface area contributed by atoms with E-state index in [0.29, 0.717) is 40.2 Å². The first-order valence-corrected chi connectivity index (χ1v) is 11.7. The Morgan fingerprint density at radius 2 is 1.51 bits per heavy atom. The molecule has 0 radical (unpaired) electrons. The molecule has 7 nitrogen and oxygen atoms in total. The van der Waals surface area contributed by atoms with Gasteiger partial charge in [-0.2, -0.15) is 0 Å². The summed E-state index contributed by atoms with van der Waals surface area (Å²) in [5.74, 6) is 2.31. The Morgan fingerprint density at radius 1 is 0.857 bits per heavy atom. The Bertz CT molecular complexity index is 1310. The van der Waals surface area contributed by atoms with E-state index in [0.717, 1.165) is 15.8 Å². The summed E-state index contributed by atoms with van der Waals surface area (Å²) in [5, 5.41) is 0.550. The van der Waals surface area contributed by atoms with E-state index in [9.17, 15) is 4.79 Å². The highest BCUT2D eigenvalue weighted by Gasteiger charge is 2.21. The fourth-order valence-corrected chi connectivity index (χ4v) is 4.69. The lowest BCUT2D eigenvalue weighted by molar-refractivity contribution is -0.114. The Labute approximate surface area is 208 Å². The zero-order chi connectivity index (χ0) is 24.8. The Hall–Kier alpha value is -4.04. The average Bonchev–Trinajstić information content (AvgIpc) is 3.35. The molecule has 0 N–H and O–H groups in total. The van der Waals surface area contributed by atoms with Crippen LogP contribution in [0.15, 0.2) is 66.7 Å². The minimum atomic E-state index is -0.208. The van der Waals surface area contributed by atoms with Crippen molar-refractivity contribution in [2.45, 2.75) is 6.54 Å². The van der Waals surface area contributed by atoms with Crippen LogP contribution in [0.5, 0.6) is 23.0 Å². The number of hydrogen-bond donors (Lipinski definition) is 0. The highest BCUT2D eigenvalue weighted by atomic mass is 32.1. The lowest BCUT2D eigenvalue weighted by atomic mass is 10.1. The number of aromatic nitrogens is 1. The normalized spacial score (nSPS) is 11.0. The molecule has 1 aromatic heterocycles. The fraction of sp³-hybridized carbons (Fsp3) is 0.185. The lowest BCUT2D eigenvalue weighted by Crippen LogP contribution is -2.28. The molecule has 180 valence electrons. The summed E-state index contributed by atoms with van der Waals surface area (Å²) in [5.41, 5.74) is 2.45. The van der Waals surface area contributed by atoms with Gasteiger partial charge in [-0.3, -0.25) is 9.69 Å². The molecule has 0 aliphatic heterocycles. The molecule has 0 saturated heterocycles. The molecule has 8 heteroatoms. The molecule has 35 heavy (non-hydrogen) atoms. The largest absolute Gasteiger partial charge is 0.495 e. The van der Waals surface area contributed by atoms with E-state index in [1.54, 1.807) is 45.5 Å². The minimum absolute atomic E-state index is 0.208. The van der Waals surface area contributed by atoms with E-state index in [4.69, 9.17) is 23.9 Å². The molecule has 0 saturated carbocycles. The zero-order valence-electron chi connectivity index (χ0n) is 20.0. The monoisotopic (exact) mass is 490 g/mol. The third kappa shape index (κ3) is 5.22. The maximum Gasteiger partial charge on any atom is 0.253 e. The van der Waals surface area contributed by atoms with E-state index in [2.05, 4.69) is 0 Å². The molecular weight excluding hydrogens is 464 g/mol. The first-order chi connectivity index (χ1) is 17.1. The van der Waals surface area contributed by atoms with E-state index in [-0.39, 0.29) is 5.91 Å². The van der Waals surface area contributed by atoms with Gasteiger partial charge >= 0.3 is 0 Å². The highest BCUT2D eigenvalue weighted by Crippen LogP contribution is 2.40. The number of fused-ring (bicyclic) bond motifs is 1. The van der Waals surface area contributed by atoms with Crippen molar-refractivity contribution in [3.8, 4) is 23.0 Å². The second kappa shape index (κ2) is 10.9. The summed E-state index contributed by atoms with van der Waals surface area (Å²) in [7, 11) is 6.37. The molecular formula is C27H26N2O5S. The van der Waals surface area contributed by atoms with Crippen molar-refractivity contribution in [3.05, 3.63) is 77.9 Å². The first kappa shape index (κ1) is 24.1. The van der Waals surface area contributed by atoms with Crippen molar-refractivity contribution in [2.75, 3.05) is 33.3 Å². The van der Waals surface area contributed by atoms with E-state index < -0.39 is 0 Å². The zero-order valence-corrected chi connectivity index (χ0v) is 20.8. The predicted octanol–water partition coefficient (Wildman–Crippen LogP) is 5.58. The maximum atomic E-state index is 13.5. The highest BCUT2D eigenvalue weighted by molar-refractivity contribution is 7.22. The summed E-state index contributed by atoms with van der Waals surface area (Å²) in [6, 6.07) is 18.9. The number of carbonyl (C=O) groups excluding carboxylic acids is 1. The summed E-state index contributed by atoms with van der Waals surface area (Å²) >= 11 is 1.38. The standard InChI is InChI=1S/C27H26N2O5S/c1-31-20-12-10-18(16-23(20)34-4)11-15-24(30)29(17-19-8-6-5-7-9-19)27-28-25-21(32-2)13-14-22(33-3)26(25)35-27/h5-16H,17H2,1-4H3/b15-11+. The lowest BCUT2D eigenvalue weighted by Gasteiger charge is -2.18. The van der Waals surface area contributed by atoms with Gasteiger partial charge in [0.1, 0.15) is 21.7 Å². The number of nitrogens with zero attached hydrogens (tertiary/aromatic N) is 2. The van der Waals surface area contributed by atoms with Crippen molar-refractivity contribution in [1.82, 2.24) is 4.98 Å². The predicted molar refractivity (Wildman–Crippen MR) is 139 cm³/mol. The van der Waals surface area contributed by atoms with Gasteiger partial charge in [0, 0.05) is 6.08 Å². The quantitative estimate of drug-likeness (QED) is 0.286. The third-order valence-corrected chi connectivity index (χ3v) is 6.50. The van der Waals surface area contributed by atoms with Crippen LogP contribution in [0.2, 0.25) is 0 Å². The van der Waals surface area contributed by atoms with Gasteiger partial charge in [-0.25, -0.2) is 4.98 Å². The third-order valence-electron chi connectivity index (χ3n) is 5.41. The van der Waals surface area contributed by atoms with Crippen molar-refractivity contribution in [3.63, 3.8) is 0 Å². The Balaban J connectivity index is 1.72. The second-order valence-electron chi connectivity index (χ2n) is 7.50. The van der Waals surface area contributed by atoms with Crippen LogP contribution in [-0.4, -0.2) is 39.3 Å². The molecule has 0 bridgehead atoms. The SMILES string of the molecule is COc1ccc(/C=C/C(=O)N(Cc2ccccc2)c2nc3c(OC)ccc(OC)c3s2)cc1OC. The van der Waals surface area contributed by atoms with Crippen molar-refractivity contribution < 1.29 is 23.7 Å². The topological polar surface area (TPSA) is 70.1 Å². The molecule has 3 aromatic carbocycles. The number of ether oxygens (including phenoxy) is 4. The number of amides is 1. The summed E-state index contributed by atoms with van der Waals surface area (Å²) in [6.07, 6.45) is 3.28. The average molecular weight is 491 g/mol.